The van der Waals surface area contributed by atoms with Crippen LogP contribution in [-0.4, -0.2) is 27.4 Å². The van der Waals surface area contributed by atoms with Gasteiger partial charge in [-0.05, 0) is 86.3 Å². The molecule has 0 bridgehead atoms. The van der Waals surface area contributed by atoms with Crippen LogP contribution in [-0.2, 0) is 11.0 Å². The Balaban J connectivity index is 1.78. The molecule has 0 radical (unpaired) electrons. The number of nitrogens with one attached hydrogen (secondary N) is 1. The molecule has 0 heterocycles. The van der Waals surface area contributed by atoms with Crippen molar-refractivity contribution >= 4 is 24.2 Å². The molecule has 35 heavy (non-hydrogen) atoms. The van der Waals surface area contributed by atoms with Crippen LogP contribution in [0.4, 0.5) is 0 Å². The maximum absolute atomic E-state index is 13.4. The third-order valence-electron chi connectivity index (χ3n) is 7.69. The van der Waals surface area contributed by atoms with Crippen molar-refractivity contribution in [3.63, 3.8) is 0 Å². The van der Waals surface area contributed by atoms with Crippen LogP contribution in [0.3, 0.4) is 0 Å². The maximum atomic E-state index is 13.4. The minimum atomic E-state index is -1.18. The lowest BCUT2D eigenvalue weighted by molar-refractivity contribution is 0.414. The molecule has 2 aromatic rings. The first-order valence-corrected chi connectivity index (χ1v) is 16.2. The van der Waals surface area contributed by atoms with E-state index in [9.17, 15) is 4.21 Å². The van der Waals surface area contributed by atoms with Gasteiger partial charge in [0.25, 0.3) is 0 Å². The van der Waals surface area contributed by atoms with Crippen LogP contribution in [0.15, 0.2) is 48.5 Å². The van der Waals surface area contributed by atoms with E-state index in [1.165, 1.54) is 69.8 Å². The molecular formula is C30H44NO2PS. The molecule has 0 aromatic heterocycles. The van der Waals surface area contributed by atoms with Gasteiger partial charge in [0.05, 0.1) is 28.9 Å². The highest BCUT2D eigenvalue weighted by atomic mass is 32.2. The van der Waals surface area contributed by atoms with Gasteiger partial charge in [-0.3, -0.25) is 0 Å². The molecule has 0 spiro atoms. The average molecular weight is 514 g/mol. The van der Waals surface area contributed by atoms with E-state index < -0.39 is 11.0 Å². The fourth-order valence-electron chi connectivity index (χ4n) is 5.77. The third kappa shape index (κ3) is 6.76. The Labute approximate surface area is 217 Å². The molecule has 1 N–H and O–H groups in total. The third-order valence-corrected chi connectivity index (χ3v) is 12.8. The molecule has 2 aliphatic carbocycles. The van der Waals surface area contributed by atoms with Gasteiger partial charge in [-0.15, -0.1) is 0 Å². The highest BCUT2D eigenvalue weighted by molar-refractivity contribution is 7.84. The summed E-state index contributed by atoms with van der Waals surface area (Å²) in [5.41, 5.74) is 4.14. The Morgan fingerprint density at radius 3 is 1.91 bits per heavy atom. The van der Waals surface area contributed by atoms with Crippen molar-refractivity contribution in [3.05, 3.63) is 59.7 Å². The predicted octanol–water partition coefficient (Wildman–Crippen LogP) is 7.61. The Morgan fingerprint density at radius 1 is 0.857 bits per heavy atom. The monoisotopic (exact) mass is 513 g/mol. The van der Waals surface area contributed by atoms with Gasteiger partial charge < -0.3 is 4.74 Å². The molecule has 0 saturated heterocycles. The lowest BCUT2D eigenvalue weighted by Crippen LogP contribution is -2.38. The molecule has 0 amide bonds. The summed E-state index contributed by atoms with van der Waals surface area (Å²) in [5, 5.41) is 1.56. The quantitative estimate of drug-likeness (QED) is 0.369. The standard InChI is InChI=1S/C30H44NO2PS/c1-30(2,3)35(32)31-29(23-19-21-24(33-4)22-20-23)27-17-11-12-18-28(27)34(25-13-7-5-8-14-25)26-15-9-6-10-16-26/h11-12,17-22,25-26,29,31H,5-10,13-16H2,1-4H3/t29-,35-/m0/s1. The molecule has 5 heteroatoms. The topological polar surface area (TPSA) is 38.3 Å². The van der Waals surface area contributed by atoms with Crippen molar-refractivity contribution < 1.29 is 8.95 Å². The van der Waals surface area contributed by atoms with Crippen LogP contribution < -0.4 is 14.8 Å². The molecule has 3 nitrogen and oxygen atoms in total. The molecule has 2 atom stereocenters. The number of benzene rings is 2. The van der Waals surface area contributed by atoms with Gasteiger partial charge in [0.15, 0.2) is 0 Å². The summed E-state index contributed by atoms with van der Waals surface area (Å²) in [4.78, 5) is 0. The Bertz CT molecular complexity index is 941. The lowest BCUT2D eigenvalue weighted by atomic mass is 9.99. The summed E-state index contributed by atoms with van der Waals surface area (Å²) < 4.78 is 22.1. The van der Waals surface area contributed by atoms with Gasteiger partial charge in [-0.1, -0.05) is 82.8 Å². The molecule has 0 unspecified atom stereocenters. The van der Waals surface area contributed by atoms with Gasteiger partial charge in [0.1, 0.15) is 5.75 Å². The zero-order valence-corrected chi connectivity index (χ0v) is 23.8. The molecule has 2 saturated carbocycles. The molecule has 0 aliphatic heterocycles. The highest BCUT2D eigenvalue weighted by Gasteiger charge is 2.35. The zero-order chi connectivity index (χ0) is 24.8. The summed E-state index contributed by atoms with van der Waals surface area (Å²) >= 11 is 0. The van der Waals surface area contributed by atoms with E-state index >= 15 is 0 Å². The second-order valence-electron chi connectivity index (χ2n) is 11.3. The highest BCUT2D eigenvalue weighted by Crippen LogP contribution is 2.56. The molecule has 192 valence electrons. The fraction of sp³-hybridized carbons (Fsp3) is 0.600. The van der Waals surface area contributed by atoms with Crippen molar-refractivity contribution in [3.8, 4) is 5.75 Å². The normalized spacial score (nSPS) is 20.0. The summed E-state index contributed by atoms with van der Waals surface area (Å²) in [5.74, 6) is 0.851. The van der Waals surface area contributed by atoms with Crippen LogP contribution in [0.2, 0.25) is 0 Å². The smallest absolute Gasteiger partial charge is 0.118 e. The minimum Gasteiger partial charge on any atom is -0.497 e. The summed E-state index contributed by atoms with van der Waals surface area (Å²) in [6.45, 7) is 6.14. The van der Waals surface area contributed by atoms with E-state index in [1.807, 2.05) is 32.9 Å². The number of rotatable bonds is 8. The van der Waals surface area contributed by atoms with Crippen LogP contribution in [0.5, 0.6) is 5.75 Å². The first kappa shape index (κ1) is 26.8. The van der Waals surface area contributed by atoms with Gasteiger partial charge in [-0.2, -0.15) is 0 Å². The molecule has 4 rings (SSSR count). The Kier molecular flexibility index (Phi) is 9.47. The molecule has 2 aliphatic rings. The van der Waals surface area contributed by atoms with E-state index in [-0.39, 0.29) is 18.7 Å². The van der Waals surface area contributed by atoms with Crippen LogP contribution >= 0.6 is 7.92 Å². The first-order chi connectivity index (χ1) is 16.9. The second kappa shape index (κ2) is 12.3. The van der Waals surface area contributed by atoms with Crippen molar-refractivity contribution in [1.29, 1.82) is 0 Å². The molecule has 2 fully saturated rings. The van der Waals surface area contributed by atoms with E-state index in [0.29, 0.717) is 0 Å². The number of hydrogen-bond acceptors (Lipinski definition) is 2. The van der Waals surface area contributed by atoms with Gasteiger partial charge in [-0.25, -0.2) is 8.93 Å². The van der Waals surface area contributed by atoms with Gasteiger partial charge in [0.2, 0.25) is 0 Å². The van der Waals surface area contributed by atoms with E-state index in [4.69, 9.17) is 4.74 Å². The van der Waals surface area contributed by atoms with E-state index in [1.54, 1.807) is 12.4 Å². The number of hydrogen-bond donors (Lipinski definition) is 1. The van der Waals surface area contributed by atoms with Crippen molar-refractivity contribution in [2.45, 2.75) is 107 Å². The van der Waals surface area contributed by atoms with Crippen LogP contribution in [0.25, 0.3) is 0 Å². The summed E-state index contributed by atoms with van der Waals surface area (Å²) in [6, 6.07) is 17.4. The van der Waals surface area contributed by atoms with Crippen molar-refractivity contribution in [2.24, 2.45) is 0 Å². The zero-order valence-electron chi connectivity index (χ0n) is 22.1. The minimum absolute atomic E-state index is 0.102. The van der Waals surface area contributed by atoms with E-state index in [2.05, 4.69) is 41.1 Å². The second-order valence-corrected chi connectivity index (χ2v) is 16.0. The summed E-state index contributed by atoms with van der Waals surface area (Å²) in [7, 11) is 0.262. The largest absolute Gasteiger partial charge is 0.497 e. The van der Waals surface area contributed by atoms with Crippen molar-refractivity contribution in [2.75, 3.05) is 7.11 Å². The van der Waals surface area contributed by atoms with Crippen LogP contribution in [0.1, 0.15) is 102 Å². The summed E-state index contributed by atoms with van der Waals surface area (Å²) in [6.07, 6.45) is 13.8. The van der Waals surface area contributed by atoms with E-state index in [0.717, 1.165) is 22.6 Å². The SMILES string of the molecule is COc1ccc([C@H](N[S@@](=O)C(C)(C)C)c2ccccc2P(C2CCCCC2)C2CCCCC2)cc1. The molecule has 2 aromatic carbocycles. The van der Waals surface area contributed by atoms with Gasteiger partial charge >= 0.3 is 0 Å². The Hall–Kier alpha value is -1.22. The predicted molar refractivity (Wildman–Crippen MR) is 153 cm³/mol. The fourth-order valence-corrected chi connectivity index (χ4v) is 10.6. The number of ether oxygens (including phenoxy) is 1. The van der Waals surface area contributed by atoms with Crippen LogP contribution in [0, 0.1) is 0 Å². The molecular weight excluding hydrogens is 469 g/mol. The Morgan fingerprint density at radius 2 is 1.40 bits per heavy atom. The van der Waals surface area contributed by atoms with Crippen molar-refractivity contribution in [1.82, 2.24) is 4.72 Å². The van der Waals surface area contributed by atoms with Gasteiger partial charge in [0, 0.05) is 0 Å². The maximum Gasteiger partial charge on any atom is 0.118 e. The number of methoxy groups -OCH3 is 1. The average Bonchev–Trinajstić information content (AvgIpc) is 2.88. The lowest BCUT2D eigenvalue weighted by Gasteiger charge is -2.40. The first-order valence-electron chi connectivity index (χ1n) is 13.6.